The van der Waals surface area contributed by atoms with Gasteiger partial charge in [0.1, 0.15) is 0 Å². The Bertz CT molecular complexity index is 705. The van der Waals surface area contributed by atoms with Crippen molar-refractivity contribution in [2.45, 2.75) is 38.3 Å². The Labute approximate surface area is 169 Å². The van der Waals surface area contributed by atoms with Gasteiger partial charge < -0.3 is 19.3 Å². The molecule has 6 heteroatoms. The number of hydrogen-bond acceptors (Lipinski definition) is 5. The smallest absolute Gasteiger partial charge is 0.160 e. The molecule has 1 aliphatic heterocycles. The largest absolute Gasteiger partial charge is 0.493 e. The molecule has 3 rings (SSSR count). The van der Waals surface area contributed by atoms with Crippen molar-refractivity contribution in [2.75, 3.05) is 47.4 Å². The Balaban J connectivity index is 1.44. The zero-order valence-corrected chi connectivity index (χ0v) is 17.5. The average molecular weight is 387 g/mol. The summed E-state index contributed by atoms with van der Waals surface area (Å²) in [6, 6.07) is 8.85. The molecule has 154 valence electrons. The third-order valence-corrected chi connectivity index (χ3v) is 5.73. The van der Waals surface area contributed by atoms with E-state index in [4.69, 9.17) is 9.47 Å². The van der Waals surface area contributed by atoms with E-state index in [0.717, 1.165) is 44.0 Å². The predicted molar refractivity (Wildman–Crippen MR) is 112 cm³/mol. The maximum Gasteiger partial charge on any atom is 0.160 e. The van der Waals surface area contributed by atoms with Crippen molar-refractivity contribution in [3.63, 3.8) is 0 Å². The Morgan fingerprint density at radius 2 is 2.04 bits per heavy atom. The Morgan fingerprint density at radius 1 is 1.18 bits per heavy atom. The van der Waals surface area contributed by atoms with Crippen LogP contribution in [0.4, 0.5) is 0 Å². The van der Waals surface area contributed by atoms with Crippen LogP contribution in [-0.4, -0.2) is 73.1 Å². The van der Waals surface area contributed by atoms with E-state index in [1.807, 2.05) is 29.2 Å². The highest BCUT2D eigenvalue weighted by atomic mass is 16.5. The van der Waals surface area contributed by atoms with Crippen LogP contribution in [-0.2, 0) is 13.0 Å². The van der Waals surface area contributed by atoms with Crippen LogP contribution in [0.1, 0.15) is 24.8 Å². The fourth-order valence-electron chi connectivity index (χ4n) is 4.01. The number of piperidine rings is 1. The predicted octanol–water partition coefficient (Wildman–Crippen LogP) is 2.93. The molecule has 0 aliphatic carbocycles. The van der Waals surface area contributed by atoms with Crippen molar-refractivity contribution in [3.05, 3.63) is 42.2 Å². The summed E-state index contributed by atoms with van der Waals surface area (Å²) in [5.41, 5.74) is 1.29. The quantitative estimate of drug-likeness (QED) is 0.628. The molecule has 1 atom stereocenters. The average Bonchev–Trinajstić information content (AvgIpc) is 3.25. The number of nitrogens with zero attached hydrogens (tertiary/aromatic N) is 4. The molecular weight excluding hydrogens is 352 g/mol. The molecule has 1 fully saturated rings. The molecule has 0 N–H and O–H groups in total. The van der Waals surface area contributed by atoms with Crippen LogP contribution in [0, 0.1) is 0 Å². The van der Waals surface area contributed by atoms with Crippen LogP contribution < -0.4 is 9.47 Å². The monoisotopic (exact) mass is 386 g/mol. The number of ether oxygens (including phenoxy) is 2. The highest BCUT2D eigenvalue weighted by Gasteiger charge is 2.22. The van der Waals surface area contributed by atoms with E-state index in [0.29, 0.717) is 6.04 Å². The van der Waals surface area contributed by atoms with Gasteiger partial charge in [-0.3, -0.25) is 4.68 Å². The van der Waals surface area contributed by atoms with Crippen LogP contribution in [0.3, 0.4) is 0 Å². The Kier molecular flexibility index (Phi) is 7.74. The number of aromatic nitrogens is 2. The van der Waals surface area contributed by atoms with Gasteiger partial charge in [0.15, 0.2) is 11.5 Å². The van der Waals surface area contributed by atoms with E-state index in [-0.39, 0.29) is 0 Å². The molecule has 28 heavy (non-hydrogen) atoms. The summed E-state index contributed by atoms with van der Waals surface area (Å²) in [4.78, 5) is 5.14. The first-order valence-electron chi connectivity index (χ1n) is 10.3. The number of methoxy groups -OCH3 is 2. The molecule has 6 nitrogen and oxygen atoms in total. The van der Waals surface area contributed by atoms with Gasteiger partial charge in [0.05, 0.1) is 14.2 Å². The number of likely N-dealkylation sites (tertiary alicyclic amines) is 1. The number of benzene rings is 1. The number of aryl methyl sites for hydroxylation is 1. The second kappa shape index (κ2) is 10.5. The van der Waals surface area contributed by atoms with E-state index in [1.165, 1.54) is 31.5 Å². The minimum absolute atomic E-state index is 0.638. The molecular formula is C22H34N4O2. The molecule has 0 saturated carbocycles. The standard InChI is InChI=1S/C22H34N4O2/c1-24(16-10-19-8-9-21(27-2)22(17-19)28-3)20-7-4-12-25(18-20)13-6-15-26-14-5-11-23-26/h5,8-9,11,14,17,20H,4,6-7,10,12-13,15-16,18H2,1-3H3. The summed E-state index contributed by atoms with van der Waals surface area (Å²) in [5, 5.41) is 4.29. The first kappa shape index (κ1) is 20.7. The SMILES string of the molecule is COc1ccc(CCN(C)C2CCCN(CCCn3cccn3)C2)cc1OC. The number of rotatable bonds is 10. The first-order valence-corrected chi connectivity index (χ1v) is 10.3. The molecule has 1 unspecified atom stereocenters. The van der Waals surface area contributed by atoms with Crippen LogP contribution in [0.25, 0.3) is 0 Å². The van der Waals surface area contributed by atoms with Gasteiger partial charge in [0.2, 0.25) is 0 Å². The summed E-state index contributed by atoms with van der Waals surface area (Å²) in [5.74, 6) is 1.60. The van der Waals surface area contributed by atoms with Crippen LogP contribution in [0.5, 0.6) is 11.5 Å². The molecule has 0 bridgehead atoms. The van der Waals surface area contributed by atoms with Crippen molar-refractivity contribution in [3.8, 4) is 11.5 Å². The van der Waals surface area contributed by atoms with Gasteiger partial charge in [-0.05, 0) is 69.6 Å². The molecule has 1 aromatic carbocycles. The third-order valence-electron chi connectivity index (χ3n) is 5.73. The molecule has 0 radical (unpaired) electrons. The van der Waals surface area contributed by atoms with Crippen molar-refractivity contribution in [1.82, 2.24) is 19.6 Å². The maximum absolute atomic E-state index is 5.43. The number of hydrogen-bond donors (Lipinski definition) is 0. The first-order chi connectivity index (χ1) is 13.7. The Hall–Kier alpha value is -2.05. The van der Waals surface area contributed by atoms with Crippen molar-refractivity contribution in [1.29, 1.82) is 0 Å². The third kappa shape index (κ3) is 5.72. The second-order valence-corrected chi connectivity index (χ2v) is 7.64. The lowest BCUT2D eigenvalue weighted by Gasteiger charge is -2.37. The van der Waals surface area contributed by atoms with E-state index < -0.39 is 0 Å². The fourth-order valence-corrected chi connectivity index (χ4v) is 4.01. The van der Waals surface area contributed by atoms with Gasteiger partial charge in [0.25, 0.3) is 0 Å². The fraction of sp³-hybridized carbons (Fsp3) is 0.591. The molecule has 1 saturated heterocycles. The van der Waals surface area contributed by atoms with Gasteiger partial charge in [-0.15, -0.1) is 0 Å². The van der Waals surface area contributed by atoms with Gasteiger partial charge in [0, 0.05) is 38.1 Å². The van der Waals surface area contributed by atoms with Crippen molar-refractivity contribution in [2.24, 2.45) is 0 Å². The van der Waals surface area contributed by atoms with E-state index >= 15 is 0 Å². The van der Waals surface area contributed by atoms with E-state index in [9.17, 15) is 0 Å². The van der Waals surface area contributed by atoms with Crippen molar-refractivity contribution >= 4 is 0 Å². The normalized spacial score (nSPS) is 17.8. The van der Waals surface area contributed by atoms with Gasteiger partial charge >= 0.3 is 0 Å². The summed E-state index contributed by atoms with van der Waals surface area (Å²) >= 11 is 0. The lowest BCUT2D eigenvalue weighted by atomic mass is 10.0. The van der Waals surface area contributed by atoms with Gasteiger partial charge in [-0.1, -0.05) is 6.07 Å². The molecule has 1 aromatic heterocycles. The highest BCUT2D eigenvalue weighted by molar-refractivity contribution is 5.42. The van der Waals surface area contributed by atoms with Gasteiger partial charge in [-0.25, -0.2) is 0 Å². The molecule has 2 heterocycles. The second-order valence-electron chi connectivity index (χ2n) is 7.64. The minimum Gasteiger partial charge on any atom is -0.493 e. The Morgan fingerprint density at radius 3 is 2.79 bits per heavy atom. The summed E-state index contributed by atoms with van der Waals surface area (Å²) in [7, 11) is 5.63. The lowest BCUT2D eigenvalue weighted by molar-refractivity contribution is 0.115. The molecule has 2 aromatic rings. The lowest BCUT2D eigenvalue weighted by Crippen LogP contribution is -2.47. The van der Waals surface area contributed by atoms with E-state index in [2.05, 4.69) is 34.1 Å². The van der Waals surface area contributed by atoms with Crippen LogP contribution in [0.2, 0.25) is 0 Å². The van der Waals surface area contributed by atoms with Crippen LogP contribution in [0.15, 0.2) is 36.7 Å². The maximum atomic E-state index is 5.43. The molecule has 0 spiro atoms. The topological polar surface area (TPSA) is 42.8 Å². The van der Waals surface area contributed by atoms with E-state index in [1.54, 1.807) is 14.2 Å². The summed E-state index contributed by atoms with van der Waals surface area (Å²) in [6.45, 7) is 5.60. The molecule has 1 aliphatic rings. The zero-order chi connectivity index (χ0) is 19.8. The van der Waals surface area contributed by atoms with Gasteiger partial charge in [-0.2, -0.15) is 5.10 Å². The summed E-state index contributed by atoms with van der Waals surface area (Å²) in [6.07, 6.45) is 8.65. The summed E-state index contributed by atoms with van der Waals surface area (Å²) < 4.78 is 12.8. The minimum atomic E-state index is 0.638. The number of likely N-dealkylation sites (N-methyl/N-ethyl adjacent to an activating group) is 1. The van der Waals surface area contributed by atoms with Crippen LogP contribution >= 0.6 is 0 Å². The zero-order valence-electron chi connectivity index (χ0n) is 17.5. The molecule has 0 amide bonds. The van der Waals surface area contributed by atoms with Crippen molar-refractivity contribution < 1.29 is 9.47 Å². The highest BCUT2D eigenvalue weighted by Crippen LogP contribution is 2.28.